The van der Waals surface area contributed by atoms with Crippen LogP contribution in [0, 0.1) is 3.57 Å². The summed E-state index contributed by atoms with van der Waals surface area (Å²) in [5.74, 6) is -0.123. The van der Waals surface area contributed by atoms with Gasteiger partial charge < -0.3 is 5.32 Å². The van der Waals surface area contributed by atoms with E-state index in [1.807, 2.05) is 6.07 Å². The van der Waals surface area contributed by atoms with Crippen molar-refractivity contribution in [3.05, 3.63) is 58.4 Å². The molecular weight excluding hydrogens is 434 g/mol. The van der Waals surface area contributed by atoms with Gasteiger partial charge in [0.2, 0.25) is 5.95 Å². The SMILES string of the molecule is FC(F)(F)c1ccnc(Nc2cc(I)cc(-c3cncnc3)c2)n1. The Balaban J connectivity index is 1.92. The Morgan fingerprint density at radius 2 is 1.75 bits per heavy atom. The smallest absolute Gasteiger partial charge is 0.324 e. The van der Waals surface area contributed by atoms with Gasteiger partial charge in [0.05, 0.1) is 0 Å². The lowest BCUT2D eigenvalue weighted by atomic mass is 10.1. The van der Waals surface area contributed by atoms with Crippen LogP contribution in [0.25, 0.3) is 11.1 Å². The van der Waals surface area contributed by atoms with Crippen molar-refractivity contribution in [1.29, 1.82) is 0 Å². The van der Waals surface area contributed by atoms with E-state index in [-0.39, 0.29) is 5.95 Å². The molecule has 9 heteroatoms. The molecule has 0 fully saturated rings. The number of alkyl halides is 3. The van der Waals surface area contributed by atoms with Crippen LogP contribution in [-0.2, 0) is 6.18 Å². The zero-order chi connectivity index (χ0) is 17.2. The highest BCUT2D eigenvalue weighted by Crippen LogP contribution is 2.29. The summed E-state index contributed by atoms with van der Waals surface area (Å²) < 4.78 is 39.1. The largest absolute Gasteiger partial charge is 0.433 e. The third-order valence-corrected chi connectivity index (χ3v) is 3.62. The van der Waals surface area contributed by atoms with Gasteiger partial charge in [-0.3, -0.25) is 0 Å². The van der Waals surface area contributed by atoms with Gasteiger partial charge in [-0.1, -0.05) is 0 Å². The highest BCUT2D eigenvalue weighted by atomic mass is 127. The lowest BCUT2D eigenvalue weighted by Crippen LogP contribution is -2.10. The van der Waals surface area contributed by atoms with E-state index in [1.54, 1.807) is 24.5 Å². The highest BCUT2D eigenvalue weighted by Gasteiger charge is 2.32. The van der Waals surface area contributed by atoms with Gasteiger partial charge in [0, 0.05) is 33.4 Å². The summed E-state index contributed by atoms with van der Waals surface area (Å²) >= 11 is 2.12. The van der Waals surface area contributed by atoms with Crippen LogP contribution in [0.1, 0.15) is 5.69 Å². The van der Waals surface area contributed by atoms with E-state index >= 15 is 0 Å². The zero-order valence-corrected chi connectivity index (χ0v) is 14.1. The number of aromatic nitrogens is 4. The first-order valence-electron chi connectivity index (χ1n) is 6.65. The van der Waals surface area contributed by atoms with Gasteiger partial charge in [-0.05, 0) is 52.4 Å². The minimum atomic E-state index is -4.52. The molecule has 3 rings (SSSR count). The van der Waals surface area contributed by atoms with Gasteiger partial charge in [0.25, 0.3) is 0 Å². The predicted molar refractivity (Wildman–Crippen MR) is 90.5 cm³/mol. The first-order chi connectivity index (χ1) is 11.4. The molecule has 3 aromatic rings. The third-order valence-electron chi connectivity index (χ3n) is 2.99. The Bertz CT molecular complexity index is 855. The van der Waals surface area contributed by atoms with Crippen LogP contribution in [0.15, 0.2) is 49.2 Å². The quantitative estimate of drug-likeness (QED) is 0.612. The fourth-order valence-corrected chi connectivity index (χ4v) is 2.65. The second kappa shape index (κ2) is 6.67. The fourth-order valence-electron chi connectivity index (χ4n) is 1.98. The number of anilines is 2. The van der Waals surface area contributed by atoms with E-state index in [2.05, 4.69) is 47.8 Å². The predicted octanol–water partition coefficient (Wildman–Crippen LogP) is 4.30. The first-order valence-corrected chi connectivity index (χ1v) is 7.73. The Labute approximate surface area is 148 Å². The van der Waals surface area contributed by atoms with Gasteiger partial charge in [0.15, 0.2) is 0 Å². The van der Waals surface area contributed by atoms with Crippen LogP contribution in [0.4, 0.5) is 24.8 Å². The van der Waals surface area contributed by atoms with Gasteiger partial charge >= 0.3 is 6.18 Å². The van der Waals surface area contributed by atoms with Crippen molar-refractivity contribution < 1.29 is 13.2 Å². The standard InChI is InChI=1S/C15H9F3IN5/c16-15(17,18)13-1-2-22-14(24-13)23-12-4-9(3-11(19)5-12)10-6-20-8-21-7-10/h1-8H,(H,22,23,24). The summed E-state index contributed by atoms with van der Waals surface area (Å²) in [7, 11) is 0. The molecule has 0 amide bonds. The van der Waals surface area contributed by atoms with Crippen molar-refractivity contribution in [3.8, 4) is 11.1 Å². The van der Waals surface area contributed by atoms with Crippen LogP contribution >= 0.6 is 22.6 Å². The number of nitrogens with one attached hydrogen (secondary N) is 1. The molecule has 0 atom stereocenters. The van der Waals surface area contributed by atoms with Crippen LogP contribution in [-0.4, -0.2) is 19.9 Å². The molecular formula is C15H9F3IN5. The summed E-state index contributed by atoms with van der Waals surface area (Å²) in [5, 5.41) is 2.80. The van der Waals surface area contributed by atoms with Crippen molar-refractivity contribution in [3.63, 3.8) is 0 Å². The highest BCUT2D eigenvalue weighted by molar-refractivity contribution is 14.1. The van der Waals surface area contributed by atoms with Crippen LogP contribution < -0.4 is 5.32 Å². The average molecular weight is 443 g/mol. The topological polar surface area (TPSA) is 63.6 Å². The minimum absolute atomic E-state index is 0.123. The number of halogens is 4. The summed E-state index contributed by atoms with van der Waals surface area (Å²) in [5.41, 5.74) is 1.20. The van der Waals surface area contributed by atoms with E-state index < -0.39 is 11.9 Å². The number of benzene rings is 1. The molecule has 2 aromatic heterocycles. The lowest BCUT2D eigenvalue weighted by molar-refractivity contribution is -0.141. The monoisotopic (exact) mass is 443 g/mol. The lowest BCUT2D eigenvalue weighted by Gasteiger charge is -2.10. The molecule has 0 unspecified atom stereocenters. The maximum absolute atomic E-state index is 12.7. The molecule has 5 nitrogen and oxygen atoms in total. The molecule has 24 heavy (non-hydrogen) atoms. The van der Waals surface area contributed by atoms with Crippen molar-refractivity contribution in [2.45, 2.75) is 6.18 Å². The number of hydrogen-bond donors (Lipinski definition) is 1. The summed E-state index contributed by atoms with van der Waals surface area (Å²) in [6.45, 7) is 0. The van der Waals surface area contributed by atoms with Crippen LogP contribution in [0.2, 0.25) is 0 Å². The number of nitrogens with zero attached hydrogens (tertiary/aromatic N) is 4. The van der Waals surface area contributed by atoms with Gasteiger partial charge in [-0.2, -0.15) is 13.2 Å². The molecule has 0 spiro atoms. The fraction of sp³-hybridized carbons (Fsp3) is 0.0667. The van der Waals surface area contributed by atoms with E-state index in [1.165, 1.54) is 6.33 Å². The van der Waals surface area contributed by atoms with Crippen molar-refractivity contribution in [2.24, 2.45) is 0 Å². The second-order valence-electron chi connectivity index (χ2n) is 4.74. The molecule has 122 valence electrons. The number of hydrogen-bond acceptors (Lipinski definition) is 5. The maximum atomic E-state index is 12.7. The Morgan fingerprint density at radius 3 is 2.46 bits per heavy atom. The van der Waals surface area contributed by atoms with E-state index in [0.29, 0.717) is 5.69 Å². The summed E-state index contributed by atoms with van der Waals surface area (Å²) in [6, 6.07) is 6.28. The number of rotatable bonds is 3. The van der Waals surface area contributed by atoms with Gasteiger partial charge in [-0.15, -0.1) is 0 Å². The van der Waals surface area contributed by atoms with E-state index in [0.717, 1.165) is 27.0 Å². The maximum Gasteiger partial charge on any atom is 0.433 e. The third kappa shape index (κ3) is 3.96. The molecule has 2 heterocycles. The summed E-state index contributed by atoms with van der Waals surface area (Å²) in [4.78, 5) is 15.2. The minimum Gasteiger partial charge on any atom is -0.324 e. The van der Waals surface area contributed by atoms with Crippen molar-refractivity contribution in [2.75, 3.05) is 5.32 Å². The molecule has 0 radical (unpaired) electrons. The normalized spacial score (nSPS) is 11.3. The Hall–Kier alpha value is -2.30. The van der Waals surface area contributed by atoms with Crippen molar-refractivity contribution in [1.82, 2.24) is 19.9 Å². The van der Waals surface area contributed by atoms with Crippen molar-refractivity contribution >= 4 is 34.2 Å². The van der Waals surface area contributed by atoms with Crippen LogP contribution in [0.5, 0.6) is 0 Å². The zero-order valence-electron chi connectivity index (χ0n) is 11.9. The molecule has 0 bridgehead atoms. The van der Waals surface area contributed by atoms with Gasteiger partial charge in [-0.25, -0.2) is 19.9 Å². The average Bonchev–Trinajstić information content (AvgIpc) is 2.54. The molecule has 0 saturated heterocycles. The first kappa shape index (κ1) is 16.6. The van der Waals surface area contributed by atoms with E-state index in [9.17, 15) is 13.2 Å². The Morgan fingerprint density at radius 1 is 1.00 bits per heavy atom. The summed E-state index contributed by atoms with van der Waals surface area (Å²) in [6.07, 6.45) is 1.29. The molecule has 0 aliphatic rings. The molecule has 0 aliphatic heterocycles. The van der Waals surface area contributed by atoms with E-state index in [4.69, 9.17) is 0 Å². The molecule has 1 aromatic carbocycles. The molecule has 1 N–H and O–H groups in total. The molecule has 0 aliphatic carbocycles. The van der Waals surface area contributed by atoms with Gasteiger partial charge in [0.1, 0.15) is 12.0 Å². The molecule has 0 saturated carbocycles. The van der Waals surface area contributed by atoms with Crippen LogP contribution in [0.3, 0.4) is 0 Å². The Kier molecular flexibility index (Phi) is 4.60. The second-order valence-corrected chi connectivity index (χ2v) is 5.99.